The van der Waals surface area contributed by atoms with Gasteiger partial charge in [0.25, 0.3) is 0 Å². The average molecular weight is 342 g/mol. The van der Waals surface area contributed by atoms with Gasteiger partial charge in [-0.1, -0.05) is 22.9 Å². The van der Waals surface area contributed by atoms with Crippen molar-refractivity contribution in [2.75, 3.05) is 4.90 Å². The van der Waals surface area contributed by atoms with Crippen molar-refractivity contribution < 1.29 is 0 Å². The molecule has 0 aliphatic rings. The van der Waals surface area contributed by atoms with E-state index in [1.807, 2.05) is 38.1 Å². The zero-order chi connectivity index (χ0) is 14.4. The first-order valence-electron chi connectivity index (χ1n) is 5.67. The highest BCUT2D eigenvalue weighted by Crippen LogP contribution is 2.18. The maximum absolute atomic E-state index is 5.88. The molecule has 1 aromatic carbocycles. The first-order valence-corrected chi connectivity index (χ1v) is 6.87. The van der Waals surface area contributed by atoms with Crippen LogP contribution in [-0.4, -0.2) is 16.8 Å². The van der Waals surface area contributed by atoms with E-state index < -0.39 is 0 Å². The molecule has 0 atom stereocenters. The molecule has 0 amide bonds. The summed E-state index contributed by atoms with van der Waals surface area (Å²) in [7, 11) is 0. The molecule has 5 nitrogen and oxygen atoms in total. The number of hydrogen-bond donors (Lipinski definition) is 2. The minimum absolute atomic E-state index is 0.118. The van der Waals surface area contributed by atoms with Gasteiger partial charge in [-0.25, -0.2) is 0 Å². The van der Waals surface area contributed by atoms with Gasteiger partial charge in [-0.15, -0.1) is 5.10 Å². The van der Waals surface area contributed by atoms with E-state index in [-0.39, 0.29) is 11.1 Å². The minimum Gasteiger partial charge on any atom is -0.376 e. The summed E-state index contributed by atoms with van der Waals surface area (Å²) in [6.45, 7) is 3.87. The van der Waals surface area contributed by atoms with Crippen LogP contribution in [0, 0.1) is 0 Å². The summed E-state index contributed by atoms with van der Waals surface area (Å²) < 4.78 is 0.953. The molecule has 0 fully saturated rings. The maximum Gasteiger partial charge on any atom is 0.227 e. The topological polar surface area (TPSA) is 80.0 Å². The number of halogens is 1. The van der Waals surface area contributed by atoms with E-state index in [1.54, 1.807) is 0 Å². The second-order valence-electron chi connectivity index (χ2n) is 3.80. The predicted molar refractivity (Wildman–Crippen MR) is 88.4 cm³/mol. The molecule has 0 spiro atoms. The summed E-state index contributed by atoms with van der Waals surface area (Å²) in [6.07, 6.45) is 0.808. The predicted octanol–water partition coefficient (Wildman–Crippen LogP) is 2.60. The van der Waals surface area contributed by atoms with Crippen LogP contribution in [-0.2, 0) is 0 Å². The minimum atomic E-state index is 0.118. The van der Waals surface area contributed by atoms with Crippen molar-refractivity contribution in [1.82, 2.24) is 0 Å². The average Bonchev–Trinajstić information content (AvgIpc) is 2.38. The van der Waals surface area contributed by atoms with Gasteiger partial charge in [0.05, 0.1) is 5.69 Å². The van der Waals surface area contributed by atoms with Gasteiger partial charge >= 0.3 is 0 Å². The van der Waals surface area contributed by atoms with Crippen LogP contribution in [0.3, 0.4) is 0 Å². The Balaban J connectivity index is 3.08. The molecule has 0 radical (unpaired) electrons. The van der Waals surface area contributed by atoms with Crippen molar-refractivity contribution in [3.05, 3.63) is 28.7 Å². The molecule has 19 heavy (non-hydrogen) atoms. The first-order chi connectivity index (χ1) is 8.95. The molecular formula is C12H16BrN5S. The summed E-state index contributed by atoms with van der Waals surface area (Å²) in [5, 5.41) is 8.07. The lowest BCUT2D eigenvalue weighted by Gasteiger charge is -2.20. The fourth-order valence-corrected chi connectivity index (χ4v) is 1.68. The lowest BCUT2D eigenvalue weighted by molar-refractivity contribution is 1.13. The quantitative estimate of drug-likeness (QED) is 0.383. The molecule has 0 heterocycles. The number of anilines is 1. The Morgan fingerprint density at radius 3 is 2.32 bits per heavy atom. The van der Waals surface area contributed by atoms with Gasteiger partial charge in [0.15, 0.2) is 5.11 Å². The summed E-state index contributed by atoms with van der Waals surface area (Å²) in [4.78, 5) is 1.47. The molecule has 102 valence electrons. The van der Waals surface area contributed by atoms with Crippen LogP contribution >= 0.6 is 28.1 Å². The van der Waals surface area contributed by atoms with Gasteiger partial charge < -0.3 is 11.5 Å². The Bertz CT molecular complexity index is 509. The van der Waals surface area contributed by atoms with Crippen LogP contribution in [0.2, 0.25) is 0 Å². The van der Waals surface area contributed by atoms with Crippen LogP contribution in [0.25, 0.3) is 0 Å². The molecule has 4 N–H and O–H groups in total. The van der Waals surface area contributed by atoms with E-state index in [1.165, 1.54) is 4.90 Å². The van der Waals surface area contributed by atoms with Gasteiger partial charge in [0, 0.05) is 10.2 Å². The second kappa shape index (κ2) is 7.20. The fourth-order valence-electron chi connectivity index (χ4n) is 1.21. The van der Waals surface area contributed by atoms with Crippen molar-refractivity contribution in [3.8, 4) is 0 Å². The fraction of sp³-hybridized carbons (Fsp3) is 0.250. The largest absolute Gasteiger partial charge is 0.376 e. The molecule has 0 aromatic heterocycles. The molecule has 0 aliphatic heterocycles. The number of benzene rings is 1. The molecule has 0 bridgehead atoms. The number of rotatable bonds is 3. The number of nitrogens with two attached hydrogens (primary N) is 2. The van der Waals surface area contributed by atoms with Crippen LogP contribution in [0.15, 0.2) is 38.9 Å². The Morgan fingerprint density at radius 2 is 1.84 bits per heavy atom. The molecule has 1 rings (SSSR count). The van der Waals surface area contributed by atoms with Crippen molar-refractivity contribution >= 4 is 50.6 Å². The van der Waals surface area contributed by atoms with Crippen LogP contribution in [0.5, 0.6) is 0 Å². The van der Waals surface area contributed by atoms with Crippen molar-refractivity contribution in [3.63, 3.8) is 0 Å². The number of nitrogens with zero attached hydrogens (tertiary/aromatic N) is 3. The third-order valence-electron chi connectivity index (χ3n) is 2.37. The van der Waals surface area contributed by atoms with Crippen LogP contribution < -0.4 is 16.4 Å². The van der Waals surface area contributed by atoms with Gasteiger partial charge in [-0.3, -0.25) is 4.90 Å². The van der Waals surface area contributed by atoms with Crippen molar-refractivity contribution in [2.45, 2.75) is 20.3 Å². The number of guanidine groups is 1. The Hall–Kier alpha value is -1.47. The standard InChI is InChI=1S/C12H16BrN5S/c1-3-8(2)16-17-11(14)18(12(15)19)10-6-4-9(13)5-7-10/h4-7H,3H2,1-2H3,(H2,14,17)(H2,15,19)/b16-8+. The second-order valence-corrected chi connectivity index (χ2v) is 5.13. The highest BCUT2D eigenvalue weighted by atomic mass is 79.9. The van der Waals surface area contributed by atoms with Crippen LogP contribution in [0.4, 0.5) is 5.69 Å². The van der Waals surface area contributed by atoms with Gasteiger partial charge in [0.1, 0.15) is 0 Å². The van der Waals surface area contributed by atoms with E-state index in [0.29, 0.717) is 0 Å². The summed E-state index contributed by atoms with van der Waals surface area (Å²) >= 11 is 8.36. The van der Waals surface area contributed by atoms with Crippen molar-refractivity contribution in [2.24, 2.45) is 21.7 Å². The van der Waals surface area contributed by atoms with Gasteiger partial charge in [-0.2, -0.15) is 5.10 Å². The number of thiocarbonyl (C=S) groups is 1. The van der Waals surface area contributed by atoms with E-state index in [4.69, 9.17) is 23.7 Å². The zero-order valence-corrected chi connectivity index (χ0v) is 13.2. The molecule has 0 aliphatic carbocycles. The SMILES string of the molecule is CC/C(C)=N/N=C(\N)N(C(N)=S)c1ccc(Br)cc1. The van der Waals surface area contributed by atoms with E-state index >= 15 is 0 Å². The third-order valence-corrected chi connectivity index (χ3v) is 3.08. The molecule has 7 heteroatoms. The highest BCUT2D eigenvalue weighted by Gasteiger charge is 2.13. The molecule has 0 unspecified atom stereocenters. The lowest BCUT2D eigenvalue weighted by Crippen LogP contribution is -2.45. The Labute approximate surface area is 126 Å². The molecule has 1 aromatic rings. The van der Waals surface area contributed by atoms with E-state index in [2.05, 4.69) is 26.1 Å². The van der Waals surface area contributed by atoms with Gasteiger partial charge in [0.2, 0.25) is 5.96 Å². The normalized spacial score (nSPS) is 12.4. The Kier molecular flexibility index (Phi) is 5.91. The monoisotopic (exact) mass is 341 g/mol. The van der Waals surface area contributed by atoms with Crippen molar-refractivity contribution in [1.29, 1.82) is 0 Å². The molecule has 0 saturated carbocycles. The smallest absolute Gasteiger partial charge is 0.227 e. The Morgan fingerprint density at radius 1 is 1.26 bits per heavy atom. The maximum atomic E-state index is 5.88. The number of hydrogen-bond acceptors (Lipinski definition) is 3. The lowest BCUT2D eigenvalue weighted by atomic mass is 10.3. The third kappa shape index (κ3) is 4.60. The summed E-state index contributed by atoms with van der Waals surface area (Å²) in [5.74, 6) is 0.141. The van der Waals surface area contributed by atoms with Crippen LogP contribution in [0.1, 0.15) is 20.3 Å². The highest BCUT2D eigenvalue weighted by molar-refractivity contribution is 9.10. The molecule has 0 saturated heterocycles. The van der Waals surface area contributed by atoms with E-state index in [9.17, 15) is 0 Å². The zero-order valence-electron chi connectivity index (χ0n) is 10.8. The summed E-state index contributed by atoms with van der Waals surface area (Å²) in [5.41, 5.74) is 13.2. The van der Waals surface area contributed by atoms with Gasteiger partial charge in [-0.05, 0) is 49.8 Å². The molecular weight excluding hydrogens is 326 g/mol. The summed E-state index contributed by atoms with van der Waals surface area (Å²) in [6, 6.07) is 7.41. The first kappa shape index (κ1) is 15.6. The van der Waals surface area contributed by atoms with E-state index in [0.717, 1.165) is 22.3 Å².